The van der Waals surface area contributed by atoms with Crippen molar-refractivity contribution in [3.63, 3.8) is 0 Å². The van der Waals surface area contributed by atoms with Crippen LogP contribution in [0.5, 0.6) is 0 Å². The Morgan fingerprint density at radius 2 is 1.74 bits per heavy atom. The van der Waals surface area contributed by atoms with Crippen molar-refractivity contribution < 1.29 is 41.5 Å². The molecule has 34 heavy (non-hydrogen) atoms. The fourth-order valence-corrected chi connectivity index (χ4v) is 3.92. The Bertz CT molecular complexity index is 1260. The number of rotatable bonds is 3. The molecule has 5 amide bonds. The highest BCUT2D eigenvalue weighted by Gasteiger charge is 2.41. The van der Waals surface area contributed by atoms with E-state index in [1.165, 1.54) is 17.0 Å². The van der Waals surface area contributed by atoms with Gasteiger partial charge in [0.15, 0.2) is 0 Å². The van der Waals surface area contributed by atoms with E-state index in [2.05, 4.69) is 5.32 Å². The van der Waals surface area contributed by atoms with Crippen LogP contribution in [0.25, 0.3) is 0 Å². The Hall–Kier alpha value is -4.09. The molecule has 1 atom stereocenters. The predicted octanol–water partition coefficient (Wildman–Crippen LogP) is 2.18. The van der Waals surface area contributed by atoms with Crippen molar-refractivity contribution in [3.05, 3.63) is 70.0 Å². The van der Waals surface area contributed by atoms with E-state index in [4.69, 9.17) is 0 Å². The summed E-state index contributed by atoms with van der Waals surface area (Å²) >= 11 is 0. The number of nitrogens with zero attached hydrogens (tertiary/aromatic N) is 1. The number of nitrogens with one attached hydrogen (secondary N) is 2. The minimum Gasteiger partial charge on any atom is -0.322 e. The van der Waals surface area contributed by atoms with Crippen LogP contribution in [0.15, 0.2) is 36.4 Å². The van der Waals surface area contributed by atoms with Crippen molar-refractivity contribution in [2.24, 2.45) is 0 Å². The summed E-state index contributed by atoms with van der Waals surface area (Å²) in [6.45, 7) is -0.0109. The molecule has 2 aromatic rings. The Labute approximate surface area is 188 Å². The van der Waals surface area contributed by atoms with Crippen LogP contribution in [0.3, 0.4) is 0 Å². The highest BCUT2D eigenvalue weighted by atomic mass is 19.4. The lowest BCUT2D eigenvalue weighted by molar-refractivity contribution is -0.138. The SMILES string of the molecule is O=C1CCC(N2Cc3cccc(C(=O)NC(=O)c4ccc(C(F)(F)F)cc4F)c3C2=O)C(=O)N1. The van der Waals surface area contributed by atoms with Crippen molar-refractivity contribution in [1.29, 1.82) is 0 Å². The lowest BCUT2D eigenvalue weighted by atomic mass is 10.0. The molecule has 1 saturated heterocycles. The number of carbonyl (C=O) groups excluding carboxylic acids is 5. The first-order chi connectivity index (χ1) is 16.0. The molecular weight excluding hydrogens is 462 g/mol. The van der Waals surface area contributed by atoms with Gasteiger partial charge in [0.1, 0.15) is 11.9 Å². The third-order valence-corrected chi connectivity index (χ3v) is 5.57. The first-order valence-corrected chi connectivity index (χ1v) is 9.96. The van der Waals surface area contributed by atoms with E-state index in [-0.39, 0.29) is 36.6 Å². The molecule has 2 N–H and O–H groups in total. The molecule has 8 nitrogen and oxygen atoms in total. The molecule has 2 aliphatic heterocycles. The summed E-state index contributed by atoms with van der Waals surface area (Å²) in [5, 5.41) is 4.03. The van der Waals surface area contributed by atoms with Crippen molar-refractivity contribution in [1.82, 2.24) is 15.5 Å². The van der Waals surface area contributed by atoms with Crippen LogP contribution < -0.4 is 10.6 Å². The molecule has 0 radical (unpaired) electrons. The van der Waals surface area contributed by atoms with E-state index in [0.717, 1.165) is 0 Å². The maximum atomic E-state index is 14.1. The lowest BCUT2D eigenvalue weighted by Crippen LogP contribution is -2.52. The molecule has 0 bridgehead atoms. The standard InChI is InChI=1S/C22H15F4N3O5/c23-14-8-11(22(24,25)26)4-5-12(14)18(31)28-19(32)13-3-1-2-10-9-29(21(34)17(10)13)15-6-7-16(30)27-20(15)33/h1-5,8,15H,6-7,9H2,(H,27,30,33)(H,28,31,32). The van der Waals surface area contributed by atoms with Crippen LogP contribution in [0, 0.1) is 5.82 Å². The molecule has 0 saturated carbocycles. The van der Waals surface area contributed by atoms with E-state index in [0.29, 0.717) is 17.7 Å². The smallest absolute Gasteiger partial charge is 0.322 e. The quantitative estimate of drug-likeness (QED) is 0.520. The van der Waals surface area contributed by atoms with E-state index in [1.54, 1.807) is 6.07 Å². The van der Waals surface area contributed by atoms with Crippen LogP contribution in [0.1, 0.15) is 55.0 Å². The normalized spacial score (nSPS) is 17.9. The second-order valence-corrected chi connectivity index (χ2v) is 7.72. The Balaban J connectivity index is 1.55. The molecule has 176 valence electrons. The fourth-order valence-electron chi connectivity index (χ4n) is 3.92. The van der Waals surface area contributed by atoms with Crippen LogP contribution in [0.2, 0.25) is 0 Å². The highest BCUT2D eigenvalue weighted by Crippen LogP contribution is 2.31. The van der Waals surface area contributed by atoms with Gasteiger partial charge >= 0.3 is 6.18 Å². The van der Waals surface area contributed by atoms with Gasteiger partial charge in [-0.15, -0.1) is 0 Å². The molecule has 2 aromatic carbocycles. The maximum absolute atomic E-state index is 14.1. The molecule has 0 aliphatic carbocycles. The van der Waals surface area contributed by atoms with Gasteiger partial charge in [-0.25, -0.2) is 4.39 Å². The number of halogens is 4. The van der Waals surface area contributed by atoms with Crippen LogP contribution in [-0.4, -0.2) is 40.5 Å². The molecule has 4 rings (SSSR count). The van der Waals surface area contributed by atoms with E-state index in [9.17, 15) is 41.5 Å². The summed E-state index contributed by atoms with van der Waals surface area (Å²) in [5.41, 5.74) is -1.97. The number of benzene rings is 2. The monoisotopic (exact) mass is 477 g/mol. The molecular formula is C22H15F4N3O5. The topological polar surface area (TPSA) is 113 Å². The molecule has 1 fully saturated rings. The zero-order valence-electron chi connectivity index (χ0n) is 17.2. The van der Waals surface area contributed by atoms with Gasteiger partial charge in [-0.2, -0.15) is 13.2 Å². The number of hydrogen-bond acceptors (Lipinski definition) is 5. The highest BCUT2D eigenvalue weighted by molar-refractivity contribution is 6.16. The minimum atomic E-state index is -4.81. The second-order valence-electron chi connectivity index (χ2n) is 7.72. The number of amides is 5. The van der Waals surface area contributed by atoms with E-state index < -0.39 is 58.7 Å². The lowest BCUT2D eigenvalue weighted by Gasteiger charge is -2.29. The third-order valence-electron chi connectivity index (χ3n) is 5.57. The van der Waals surface area contributed by atoms with Crippen molar-refractivity contribution in [2.45, 2.75) is 31.6 Å². The number of piperidine rings is 1. The maximum Gasteiger partial charge on any atom is 0.416 e. The van der Waals surface area contributed by atoms with Crippen LogP contribution in [-0.2, 0) is 22.3 Å². The summed E-state index contributed by atoms with van der Waals surface area (Å²) in [6.07, 6.45) is -4.67. The summed E-state index contributed by atoms with van der Waals surface area (Å²) < 4.78 is 52.2. The average Bonchev–Trinajstić information content (AvgIpc) is 3.09. The number of carbonyl (C=O) groups is 5. The molecule has 2 aliphatic rings. The number of hydrogen-bond donors (Lipinski definition) is 2. The second kappa shape index (κ2) is 8.36. The molecule has 12 heteroatoms. The van der Waals surface area contributed by atoms with Crippen LogP contribution in [0.4, 0.5) is 17.6 Å². The Kier molecular flexibility index (Phi) is 5.67. The summed E-state index contributed by atoms with van der Waals surface area (Å²) in [4.78, 5) is 62.9. The van der Waals surface area contributed by atoms with Gasteiger partial charge in [-0.1, -0.05) is 12.1 Å². The van der Waals surface area contributed by atoms with Crippen molar-refractivity contribution >= 4 is 29.5 Å². The Morgan fingerprint density at radius 1 is 1.03 bits per heavy atom. The number of imide groups is 2. The summed E-state index contributed by atoms with van der Waals surface area (Å²) in [6, 6.07) is 4.57. The van der Waals surface area contributed by atoms with E-state index >= 15 is 0 Å². The van der Waals surface area contributed by atoms with Gasteiger partial charge in [0.2, 0.25) is 11.8 Å². The zero-order valence-corrected chi connectivity index (χ0v) is 17.2. The summed E-state index contributed by atoms with van der Waals surface area (Å²) in [5.74, 6) is -5.60. The summed E-state index contributed by atoms with van der Waals surface area (Å²) in [7, 11) is 0. The van der Waals surface area contributed by atoms with Gasteiger partial charge in [0, 0.05) is 13.0 Å². The largest absolute Gasteiger partial charge is 0.416 e. The Morgan fingerprint density at radius 3 is 2.38 bits per heavy atom. The van der Waals surface area contributed by atoms with Crippen LogP contribution >= 0.6 is 0 Å². The van der Waals surface area contributed by atoms with Gasteiger partial charge in [0.05, 0.1) is 22.3 Å². The van der Waals surface area contributed by atoms with E-state index in [1.807, 2.05) is 5.32 Å². The minimum absolute atomic E-state index is 0.0109. The van der Waals surface area contributed by atoms with Gasteiger partial charge in [0.25, 0.3) is 17.7 Å². The average molecular weight is 477 g/mol. The van der Waals surface area contributed by atoms with Gasteiger partial charge in [-0.3, -0.25) is 34.6 Å². The van der Waals surface area contributed by atoms with Gasteiger partial charge < -0.3 is 4.90 Å². The molecule has 1 unspecified atom stereocenters. The molecule has 2 heterocycles. The molecule has 0 aromatic heterocycles. The molecule has 0 spiro atoms. The van der Waals surface area contributed by atoms with Gasteiger partial charge in [-0.05, 0) is 36.2 Å². The first-order valence-electron chi connectivity index (χ1n) is 9.96. The third kappa shape index (κ3) is 4.14. The number of alkyl halides is 3. The zero-order chi connectivity index (χ0) is 24.8. The van der Waals surface area contributed by atoms with Crippen molar-refractivity contribution in [3.8, 4) is 0 Å². The van der Waals surface area contributed by atoms with Crippen molar-refractivity contribution in [2.75, 3.05) is 0 Å². The predicted molar refractivity (Wildman–Crippen MR) is 106 cm³/mol. The number of fused-ring (bicyclic) bond motifs is 1. The first kappa shape index (κ1) is 23.1. The fraction of sp³-hybridized carbons (Fsp3) is 0.227.